The van der Waals surface area contributed by atoms with Crippen LogP contribution in [-0.4, -0.2) is 13.6 Å². The molecule has 0 atom stereocenters. The van der Waals surface area contributed by atoms with Crippen LogP contribution in [0.1, 0.15) is 12.8 Å². The van der Waals surface area contributed by atoms with Crippen molar-refractivity contribution in [1.29, 1.82) is 0 Å². The van der Waals surface area contributed by atoms with Gasteiger partial charge in [0.15, 0.2) is 0 Å². The van der Waals surface area contributed by atoms with Gasteiger partial charge in [-0.15, -0.1) is 0 Å². The highest BCUT2D eigenvalue weighted by molar-refractivity contribution is 5.34. The van der Waals surface area contributed by atoms with Crippen molar-refractivity contribution >= 4 is 0 Å². The van der Waals surface area contributed by atoms with Crippen LogP contribution >= 0.6 is 0 Å². The Bertz CT molecular complexity index is 209. The first-order valence-corrected chi connectivity index (χ1v) is 4.39. The van der Waals surface area contributed by atoms with Crippen LogP contribution in [-0.2, 0) is 0 Å². The highest BCUT2D eigenvalue weighted by Gasteiger charge is 2.43. The Hall–Kier alpha value is -0.820. The largest absolute Gasteiger partial charge is 0.319 e. The average molecular weight is 163 g/mol. The van der Waals surface area contributed by atoms with Crippen LogP contribution < -0.4 is 5.32 Å². The quantitative estimate of drug-likeness (QED) is 0.613. The summed E-state index contributed by atoms with van der Waals surface area (Å²) in [6.45, 7) is 8.58. The molecule has 0 aromatic carbocycles. The van der Waals surface area contributed by atoms with Crippen LogP contribution in [0.3, 0.4) is 0 Å². The van der Waals surface area contributed by atoms with Gasteiger partial charge in [0.2, 0.25) is 0 Å². The van der Waals surface area contributed by atoms with Crippen molar-refractivity contribution in [1.82, 2.24) is 5.32 Å². The molecule has 1 heteroatoms. The molecule has 1 nitrogen and oxygen atoms in total. The monoisotopic (exact) mass is 163 g/mol. The molecule has 0 spiro atoms. The zero-order valence-corrected chi connectivity index (χ0v) is 7.77. The molecule has 0 heterocycles. The Morgan fingerprint density at radius 3 is 2.50 bits per heavy atom. The lowest BCUT2D eigenvalue weighted by Crippen LogP contribution is -2.21. The Morgan fingerprint density at radius 2 is 2.17 bits per heavy atom. The maximum Gasteiger partial charge on any atom is 0.00781 e. The molecule has 12 heavy (non-hydrogen) atoms. The molecule has 0 aromatic rings. The number of allylic oxidation sites excluding steroid dienone is 3. The fourth-order valence-corrected chi connectivity index (χ4v) is 1.65. The van der Waals surface area contributed by atoms with Crippen molar-refractivity contribution in [2.24, 2.45) is 5.41 Å². The molecule has 0 radical (unpaired) electrons. The summed E-state index contributed by atoms with van der Waals surface area (Å²) in [5, 5.41) is 3.22. The van der Waals surface area contributed by atoms with Gasteiger partial charge in [0.25, 0.3) is 0 Å². The molecule has 1 fully saturated rings. The van der Waals surface area contributed by atoms with E-state index in [4.69, 9.17) is 0 Å². The third-order valence-corrected chi connectivity index (χ3v) is 2.50. The van der Waals surface area contributed by atoms with Crippen LogP contribution in [0.5, 0.6) is 0 Å². The second-order valence-corrected chi connectivity index (χ2v) is 3.37. The van der Waals surface area contributed by atoms with Gasteiger partial charge in [0, 0.05) is 12.0 Å². The van der Waals surface area contributed by atoms with E-state index in [0.717, 1.165) is 6.54 Å². The van der Waals surface area contributed by atoms with Crippen LogP contribution in [0.25, 0.3) is 0 Å². The Balaban J connectivity index is 2.71. The van der Waals surface area contributed by atoms with E-state index in [1.165, 1.54) is 18.4 Å². The van der Waals surface area contributed by atoms with Gasteiger partial charge >= 0.3 is 0 Å². The van der Waals surface area contributed by atoms with E-state index in [-0.39, 0.29) is 0 Å². The van der Waals surface area contributed by atoms with E-state index in [9.17, 15) is 0 Å². The molecule has 0 aromatic heterocycles. The third-order valence-electron chi connectivity index (χ3n) is 2.50. The number of nitrogens with one attached hydrogen (secondary N) is 1. The smallest absolute Gasteiger partial charge is 0.00781 e. The molecule has 0 aliphatic heterocycles. The summed E-state index contributed by atoms with van der Waals surface area (Å²) >= 11 is 0. The van der Waals surface area contributed by atoms with Gasteiger partial charge < -0.3 is 5.32 Å². The number of hydrogen-bond acceptors (Lipinski definition) is 1. The van der Waals surface area contributed by atoms with Gasteiger partial charge in [0.05, 0.1) is 0 Å². The Labute approximate surface area is 74.9 Å². The Kier molecular flexibility index (Phi) is 2.88. The topological polar surface area (TPSA) is 12.0 Å². The third kappa shape index (κ3) is 1.67. The van der Waals surface area contributed by atoms with E-state index in [1.807, 2.05) is 19.2 Å². The maximum absolute atomic E-state index is 3.82. The van der Waals surface area contributed by atoms with Gasteiger partial charge in [-0.1, -0.05) is 31.4 Å². The first-order valence-electron chi connectivity index (χ1n) is 4.39. The van der Waals surface area contributed by atoms with Crippen LogP contribution in [0.4, 0.5) is 0 Å². The SMILES string of the molecule is C=C/C=C(\C=C)C1(CNC)CC1. The molecular formula is C11H17N. The molecule has 0 unspecified atom stereocenters. The predicted octanol–water partition coefficient (Wildman–Crippen LogP) is 2.28. The lowest BCUT2D eigenvalue weighted by molar-refractivity contribution is 0.571. The normalized spacial score (nSPS) is 20.2. The van der Waals surface area contributed by atoms with Crippen molar-refractivity contribution in [3.8, 4) is 0 Å². The zero-order valence-electron chi connectivity index (χ0n) is 7.77. The molecule has 1 rings (SSSR count). The molecule has 1 N–H and O–H groups in total. The zero-order chi connectivity index (χ0) is 9.03. The summed E-state index contributed by atoms with van der Waals surface area (Å²) in [6.07, 6.45) is 8.41. The van der Waals surface area contributed by atoms with Crippen molar-refractivity contribution < 1.29 is 0 Å². The van der Waals surface area contributed by atoms with E-state index in [0.29, 0.717) is 5.41 Å². The summed E-state index contributed by atoms with van der Waals surface area (Å²) < 4.78 is 0. The lowest BCUT2D eigenvalue weighted by Gasteiger charge is -2.15. The second-order valence-electron chi connectivity index (χ2n) is 3.37. The van der Waals surface area contributed by atoms with Crippen molar-refractivity contribution in [3.05, 3.63) is 37.0 Å². The fourth-order valence-electron chi connectivity index (χ4n) is 1.65. The van der Waals surface area contributed by atoms with Gasteiger partial charge in [-0.25, -0.2) is 0 Å². The van der Waals surface area contributed by atoms with Gasteiger partial charge in [-0.3, -0.25) is 0 Å². The minimum Gasteiger partial charge on any atom is -0.319 e. The van der Waals surface area contributed by atoms with Crippen molar-refractivity contribution in [3.63, 3.8) is 0 Å². The van der Waals surface area contributed by atoms with E-state index in [2.05, 4.69) is 24.6 Å². The Morgan fingerprint density at radius 1 is 1.50 bits per heavy atom. The van der Waals surface area contributed by atoms with Crippen LogP contribution in [0.2, 0.25) is 0 Å². The fraction of sp³-hybridized carbons (Fsp3) is 0.455. The maximum atomic E-state index is 3.82. The van der Waals surface area contributed by atoms with Crippen LogP contribution in [0.15, 0.2) is 37.0 Å². The lowest BCUT2D eigenvalue weighted by atomic mass is 9.95. The number of hydrogen-bond donors (Lipinski definition) is 1. The van der Waals surface area contributed by atoms with Crippen LogP contribution in [0, 0.1) is 5.41 Å². The molecule has 0 bridgehead atoms. The highest BCUT2D eigenvalue weighted by atomic mass is 14.8. The van der Waals surface area contributed by atoms with Gasteiger partial charge in [-0.2, -0.15) is 0 Å². The predicted molar refractivity (Wildman–Crippen MR) is 54.1 cm³/mol. The number of rotatable bonds is 5. The van der Waals surface area contributed by atoms with Crippen molar-refractivity contribution in [2.75, 3.05) is 13.6 Å². The van der Waals surface area contributed by atoms with Gasteiger partial charge in [0.1, 0.15) is 0 Å². The minimum atomic E-state index is 0.380. The highest BCUT2D eigenvalue weighted by Crippen LogP contribution is 2.51. The van der Waals surface area contributed by atoms with E-state index >= 15 is 0 Å². The molecule has 1 aliphatic rings. The standard InChI is InChI=1S/C11H17N/c1-4-6-10(5-2)11(7-8-11)9-12-3/h4-6,12H,1-2,7-9H2,3H3/b10-6+. The summed E-state index contributed by atoms with van der Waals surface area (Å²) in [5.41, 5.74) is 1.71. The second kappa shape index (κ2) is 3.72. The molecular weight excluding hydrogens is 146 g/mol. The van der Waals surface area contributed by atoms with E-state index < -0.39 is 0 Å². The molecule has 1 aliphatic carbocycles. The van der Waals surface area contributed by atoms with Crippen molar-refractivity contribution in [2.45, 2.75) is 12.8 Å². The first-order chi connectivity index (χ1) is 5.79. The average Bonchev–Trinajstić information content (AvgIpc) is 2.82. The summed E-state index contributed by atoms with van der Waals surface area (Å²) in [5.74, 6) is 0. The summed E-state index contributed by atoms with van der Waals surface area (Å²) in [6, 6.07) is 0. The molecule has 1 saturated carbocycles. The summed E-state index contributed by atoms with van der Waals surface area (Å²) in [7, 11) is 1.99. The van der Waals surface area contributed by atoms with Gasteiger partial charge in [-0.05, 0) is 25.5 Å². The minimum absolute atomic E-state index is 0.380. The molecule has 0 saturated heterocycles. The first kappa shape index (κ1) is 9.27. The molecule has 0 amide bonds. The van der Waals surface area contributed by atoms with E-state index in [1.54, 1.807) is 0 Å². The molecule has 66 valence electrons. The summed E-state index contributed by atoms with van der Waals surface area (Å²) in [4.78, 5) is 0.